The molecule has 1 saturated heterocycles. The van der Waals surface area contributed by atoms with Crippen molar-refractivity contribution in [3.05, 3.63) is 35.0 Å². The number of aromatic nitrogens is 2. The summed E-state index contributed by atoms with van der Waals surface area (Å²) < 4.78 is 4.01. The van der Waals surface area contributed by atoms with Crippen LogP contribution in [0.25, 0.3) is 0 Å². The van der Waals surface area contributed by atoms with E-state index >= 15 is 0 Å². The summed E-state index contributed by atoms with van der Waals surface area (Å²) in [6.07, 6.45) is 0. The third-order valence-corrected chi connectivity index (χ3v) is 4.83. The monoisotopic (exact) mass is 323 g/mol. The van der Waals surface area contributed by atoms with Crippen LogP contribution in [0.3, 0.4) is 0 Å². The van der Waals surface area contributed by atoms with E-state index in [1.165, 1.54) is 11.5 Å². The third-order valence-electron chi connectivity index (χ3n) is 3.72. The molecular weight excluding hydrogens is 306 g/mol. The van der Waals surface area contributed by atoms with Crippen LogP contribution in [0.15, 0.2) is 24.3 Å². The summed E-state index contributed by atoms with van der Waals surface area (Å²) in [4.78, 5) is 4.75. The molecule has 1 fully saturated rings. The first kappa shape index (κ1) is 14.6. The number of para-hydroxylation sites is 1. The first-order valence-corrected chi connectivity index (χ1v) is 8.14. The van der Waals surface area contributed by atoms with Crippen molar-refractivity contribution in [3.8, 4) is 0 Å². The first-order valence-electron chi connectivity index (χ1n) is 6.98. The quantitative estimate of drug-likeness (QED) is 0.937. The van der Waals surface area contributed by atoms with Crippen molar-refractivity contribution < 1.29 is 0 Å². The smallest absolute Gasteiger partial charge is 0.134 e. The highest BCUT2D eigenvalue weighted by Gasteiger charge is 2.20. The lowest BCUT2D eigenvalue weighted by Gasteiger charge is -2.36. The zero-order valence-corrected chi connectivity index (χ0v) is 13.5. The van der Waals surface area contributed by atoms with Crippen molar-refractivity contribution >= 4 is 33.8 Å². The van der Waals surface area contributed by atoms with Crippen molar-refractivity contribution in [1.82, 2.24) is 14.5 Å². The van der Waals surface area contributed by atoms with Crippen molar-refractivity contribution in [2.75, 3.05) is 43.4 Å². The zero-order valence-electron chi connectivity index (χ0n) is 11.9. The Morgan fingerprint density at radius 1 is 1.24 bits per heavy atom. The molecule has 5 nitrogen and oxygen atoms in total. The Kier molecular flexibility index (Phi) is 4.57. The maximum atomic E-state index is 6.27. The van der Waals surface area contributed by atoms with Gasteiger partial charge in [0.1, 0.15) is 10.7 Å². The predicted octanol–water partition coefficient (Wildman–Crippen LogP) is 2.56. The molecular formula is C14H18ClN5S. The van der Waals surface area contributed by atoms with E-state index in [1.807, 2.05) is 25.2 Å². The molecule has 21 heavy (non-hydrogen) atoms. The van der Waals surface area contributed by atoms with Gasteiger partial charge in [-0.1, -0.05) is 28.2 Å². The second-order valence-electron chi connectivity index (χ2n) is 5.01. The molecule has 112 valence electrons. The molecule has 1 aromatic heterocycles. The van der Waals surface area contributed by atoms with Gasteiger partial charge in [0.15, 0.2) is 0 Å². The molecule has 7 heteroatoms. The molecule has 0 unspecified atom stereocenters. The number of halogens is 1. The molecule has 1 aromatic carbocycles. The summed E-state index contributed by atoms with van der Waals surface area (Å²) >= 11 is 7.68. The highest BCUT2D eigenvalue weighted by molar-refractivity contribution is 7.10. The lowest BCUT2D eigenvalue weighted by molar-refractivity contribution is 0.247. The maximum Gasteiger partial charge on any atom is 0.134 e. The summed E-state index contributed by atoms with van der Waals surface area (Å²) in [6, 6.07) is 8.04. The second-order valence-corrected chi connectivity index (χ2v) is 6.17. The van der Waals surface area contributed by atoms with Crippen molar-refractivity contribution in [1.29, 1.82) is 0 Å². The number of hydrogen-bond donors (Lipinski definition) is 1. The zero-order chi connectivity index (χ0) is 14.7. The Bertz CT molecular complexity index is 595. The summed E-state index contributed by atoms with van der Waals surface area (Å²) in [5.41, 5.74) is 2.17. The van der Waals surface area contributed by atoms with Crippen LogP contribution < -0.4 is 10.2 Å². The van der Waals surface area contributed by atoms with E-state index in [2.05, 4.69) is 30.8 Å². The standard InChI is InChI=1S/C14H18ClN5S/c1-16-14-12(17-18-21-14)10-19-6-8-20(9-7-19)13-5-3-2-4-11(13)15/h2-5,16H,6-10H2,1H3. The van der Waals surface area contributed by atoms with Crippen molar-refractivity contribution in [2.24, 2.45) is 0 Å². The van der Waals surface area contributed by atoms with E-state index in [9.17, 15) is 0 Å². The minimum atomic E-state index is 0.826. The van der Waals surface area contributed by atoms with Gasteiger partial charge in [-0.05, 0) is 12.1 Å². The van der Waals surface area contributed by atoms with E-state index in [0.29, 0.717) is 0 Å². The summed E-state index contributed by atoms with van der Waals surface area (Å²) in [6.45, 7) is 4.83. The normalized spacial score (nSPS) is 16.2. The second kappa shape index (κ2) is 6.60. The Balaban J connectivity index is 1.59. The Morgan fingerprint density at radius 3 is 2.71 bits per heavy atom. The van der Waals surface area contributed by atoms with Crippen LogP contribution >= 0.6 is 23.1 Å². The lowest BCUT2D eigenvalue weighted by Crippen LogP contribution is -2.46. The van der Waals surface area contributed by atoms with Gasteiger partial charge in [0.2, 0.25) is 0 Å². The molecule has 0 spiro atoms. The Hall–Kier alpha value is -1.37. The number of nitrogens with one attached hydrogen (secondary N) is 1. The van der Waals surface area contributed by atoms with Gasteiger partial charge >= 0.3 is 0 Å². The molecule has 0 atom stereocenters. The van der Waals surface area contributed by atoms with Crippen LogP contribution in [0.5, 0.6) is 0 Å². The van der Waals surface area contributed by atoms with E-state index in [0.717, 1.165) is 54.1 Å². The summed E-state index contributed by atoms with van der Waals surface area (Å²) in [5.74, 6) is 0. The largest absolute Gasteiger partial charge is 0.377 e. The molecule has 1 aliphatic rings. The van der Waals surface area contributed by atoms with Crippen LogP contribution in [-0.2, 0) is 6.54 Å². The van der Waals surface area contributed by atoms with Crippen LogP contribution in [-0.4, -0.2) is 47.7 Å². The maximum absolute atomic E-state index is 6.27. The van der Waals surface area contributed by atoms with E-state index < -0.39 is 0 Å². The number of piperazine rings is 1. The molecule has 0 bridgehead atoms. The van der Waals surface area contributed by atoms with Crippen LogP contribution in [0.2, 0.25) is 5.02 Å². The van der Waals surface area contributed by atoms with Crippen molar-refractivity contribution in [2.45, 2.75) is 6.54 Å². The molecule has 0 radical (unpaired) electrons. The molecule has 0 saturated carbocycles. The fourth-order valence-electron chi connectivity index (χ4n) is 2.57. The molecule has 1 N–H and O–H groups in total. The van der Waals surface area contributed by atoms with E-state index in [1.54, 1.807) is 0 Å². The number of benzene rings is 1. The van der Waals surface area contributed by atoms with Gasteiger partial charge < -0.3 is 10.2 Å². The molecule has 2 aromatic rings. The van der Waals surface area contributed by atoms with Crippen LogP contribution in [0.1, 0.15) is 5.69 Å². The molecule has 0 amide bonds. The van der Waals surface area contributed by atoms with Crippen LogP contribution in [0.4, 0.5) is 10.7 Å². The third kappa shape index (κ3) is 3.28. The number of hydrogen-bond acceptors (Lipinski definition) is 6. The Morgan fingerprint density at radius 2 is 2.00 bits per heavy atom. The molecule has 0 aliphatic carbocycles. The van der Waals surface area contributed by atoms with Gasteiger partial charge in [-0.15, -0.1) is 5.10 Å². The SMILES string of the molecule is CNc1snnc1CN1CCN(c2ccccc2Cl)CC1. The molecule has 3 rings (SSSR count). The number of rotatable bonds is 4. The van der Waals surface area contributed by atoms with E-state index in [-0.39, 0.29) is 0 Å². The fraction of sp³-hybridized carbons (Fsp3) is 0.429. The number of anilines is 2. The van der Waals surface area contributed by atoms with E-state index in [4.69, 9.17) is 11.6 Å². The average Bonchev–Trinajstić information content (AvgIpc) is 2.96. The van der Waals surface area contributed by atoms with Gasteiger partial charge in [0, 0.05) is 51.3 Å². The van der Waals surface area contributed by atoms with Gasteiger partial charge in [-0.25, -0.2) is 0 Å². The summed E-state index contributed by atoms with van der Waals surface area (Å²) in [7, 11) is 1.91. The Labute approximate surface area is 133 Å². The van der Waals surface area contributed by atoms with Gasteiger partial charge in [-0.3, -0.25) is 4.90 Å². The molecule has 2 heterocycles. The lowest BCUT2D eigenvalue weighted by atomic mass is 10.2. The fourth-order valence-corrected chi connectivity index (χ4v) is 3.35. The molecule has 1 aliphatic heterocycles. The summed E-state index contributed by atoms with van der Waals surface area (Å²) in [5, 5.41) is 9.23. The van der Waals surface area contributed by atoms with Crippen LogP contribution in [0, 0.1) is 0 Å². The first-order chi connectivity index (χ1) is 10.3. The minimum Gasteiger partial charge on any atom is -0.377 e. The highest BCUT2D eigenvalue weighted by Crippen LogP contribution is 2.26. The predicted molar refractivity (Wildman–Crippen MR) is 88.4 cm³/mol. The van der Waals surface area contributed by atoms with Crippen molar-refractivity contribution in [3.63, 3.8) is 0 Å². The van der Waals surface area contributed by atoms with Gasteiger partial charge in [0.25, 0.3) is 0 Å². The van der Waals surface area contributed by atoms with Gasteiger partial charge in [-0.2, -0.15) is 0 Å². The minimum absolute atomic E-state index is 0.826. The average molecular weight is 324 g/mol. The highest BCUT2D eigenvalue weighted by atomic mass is 35.5. The van der Waals surface area contributed by atoms with Gasteiger partial charge in [0.05, 0.1) is 10.7 Å². The topological polar surface area (TPSA) is 44.3 Å². The number of nitrogens with zero attached hydrogens (tertiary/aromatic N) is 4.